The number of hydrogen-bond acceptors (Lipinski definition) is 7. The molecule has 1 aromatic rings. The minimum Gasteiger partial charge on any atom is -0.378 e. The highest BCUT2D eigenvalue weighted by molar-refractivity contribution is 5.67. The molecule has 8 nitrogen and oxygen atoms in total. The van der Waals surface area contributed by atoms with E-state index in [1.807, 2.05) is 6.92 Å². The molecule has 0 aliphatic heterocycles. The van der Waals surface area contributed by atoms with Crippen LogP contribution in [0.15, 0.2) is 6.33 Å². The maximum Gasteiger partial charge on any atom is 0.352 e. The van der Waals surface area contributed by atoms with Gasteiger partial charge in [0.25, 0.3) is 0 Å². The smallest absolute Gasteiger partial charge is 0.352 e. The predicted molar refractivity (Wildman–Crippen MR) is 74.3 cm³/mol. The molecule has 0 amide bonds. The number of ether oxygens (including phenoxy) is 1. The van der Waals surface area contributed by atoms with Crippen molar-refractivity contribution in [3.8, 4) is 0 Å². The number of anilines is 2. The van der Waals surface area contributed by atoms with Crippen molar-refractivity contribution >= 4 is 17.3 Å². The van der Waals surface area contributed by atoms with Gasteiger partial charge in [0.2, 0.25) is 11.6 Å². The molecule has 8 heteroatoms. The largest absolute Gasteiger partial charge is 0.378 e. The van der Waals surface area contributed by atoms with Gasteiger partial charge in [-0.15, -0.1) is 0 Å². The second kappa shape index (κ2) is 5.20. The van der Waals surface area contributed by atoms with Crippen LogP contribution in [-0.4, -0.2) is 33.6 Å². The Balaban J connectivity index is 2.17. The molecule has 1 saturated carbocycles. The number of nitrogen functional groups attached to an aromatic ring is 1. The van der Waals surface area contributed by atoms with Crippen LogP contribution in [-0.2, 0) is 4.74 Å². The minimum absolute atomic E-state index is 0.0482. The number of nitrogens with two attached hydrogens (primary N) is 1. The fourth-order valence-electron chi connectivity index (χ4n) is 2.46. The molecule has 110 valence electrons. The van der Waals surface area contributed by atoms with Crippen molar-refractivity contribution < 1.29 is 9.66 Å². The Labute approximate surface area is 116 Å². The van der Waals surface area contributed by atoms with Gasteiger partial charge in [0.1, 0.15) is 6.33 Å². The highest BCUT2D eigenvalue weighted by Gasteiger charge is 2.49. The van der Waals surface area contributed by atoms with Crippen LogP contribution in [0.4, 0.5) is 17.3 Å². The molecule has 1 aliphatic carbocycles. The normalized spacial score (nSPS) is 23.9. The molecule has 1 aliphatic rings. The summed E-state index contributed by atoms with van der Waals surface area (Å²) in [6.45, 7) is 6.73. The quantitative estimate of drug-likeness (QED) is 0.621. The van der Waals surface area contributed by atoms with E-state index in [-0.39, 0.29) is 34.9 Å². The number of hydrogen-bond donors (Lipinski definition) is 2. The van der Waals surface area contributed by atoms with Crippen molar-refractivity contribution in [2.24, 2.45) is 5.41 Å². The van der Waals surface area contributed by atoms with E-state index < -0.39 is 4.92 Å². The first-order valence-corrected chi connectivity index (χ1v) is 6.51. The Morgan fingerprint density at radius 3 is 2.85 bits per heavy atom. The van der Waals surface area contributed by atoms with E-state index in [0.717, 1.165) is 6.42 Å². The van der Waals surface area contributed by atoms with E-state index in [9.17, 15) is 10.1 Å². The van der Waals surface area contributed by atoms with Crippen molar-refractivity contribution in [3.63, 3.8) is 0 Å². The molecule has 0 radical (unpaired) electrons. The summed E-state index contributed by atoms with van der Waals surface area (Å²) >= 11 is 0. The second-order valence-corrected chi connectivity index (χ2v) is 5.41. The predicted octanol–water partition coefficient (Wildman–Crippen LogP) is 1.58. The van der Waals surface area contributed by atoms with E-state index >= 15 is 0 Å². The van der Waals surface area contributed by atoms with Gasteiger partial charge in [-0.2, -0.15) is 0 Å². The molecule has 20 heavy (non-hydrogen) atoms. The number of nitrogens with one attached hydrogen (secondary N) is 1. The van der Waals surface area contributed by atoms with Crippen LogP contribution in [0.25, 0.3) is 0 Å². The van der Waals surface area contributed by atoms with Crippen LogP contribution in [0.3, 0.4) is 0 Å². The van der Waals surface area contributed by atoms with E-state index in [1.165, 1.54) is 6.33 Å². The Morgan fingerprint density at radius 1 is 1.60 bits per heavy atom. The summed E-state index contributed by atoms with van der Waals surface area (Å²) in [5.41, 5.74) is 5.15. The summed E-state index contributed by atoms with van der Waals surface area (Å²) in [6, 6.07) is 0.0482. The van der Waals surface area contributed by atoms with Gasteiger partial charge in [-0.1, -0.05) is 13.8 Å². The fourth-order valence-corrected chi connectivity index (χ4v) is 2.46. The Kier molecular flexibility index (Phi) is 3.76. The average Bonchev–Trinajstić information content (AvgIpc) is 2.37. The topological polar surface area (TPSA) is 116 Å². The highest BCUT2D eigenvalue weighted by Crippen LogP contribution is 2.45. The lowest BCUT2D eigenvalue weighted by Gasteiger charge is -2.51. The van der Waals surface area contributed by atoms with Crippen LogP contribution < -0.4 is 11.1 Å². The monoisotopic (exact) mass is 281 g/mol. The molecule has 0 aromatic carbocycles. The van der Waals surface area contributed by atoms with Crippen molar-refractivity contribution in [1.82, 2.24) is 9.97 Å². The van der Waals surface area contributed by atoms with Gasteiger partial charge in [0, 0.05) is 18.1 Å². The molecule has 0 spiro atoms. The SMILES string of the molecule is CCOC1CC(Nc2ncnc(N)c2[N+](=O)[O-])C1(C)C. The molecular weight excluding hydrogens is 262 g/mol. The van der Waals surface area contributed by atoms with Crippen molar-refractivity contribution in [3.05, 3.63) is 16.4 Å². The standard InChI is InChI=1S/C12H19N5O3/c1-4-20-8-5-7(12(8,2)3)16-11-9(17(18)19)10(13)14-6-15-11/h6-8H,4-5H2,1-3H3,(H3,13,14,15,16). The molecular formula is C12H19N5O3. The zero-order valence-corrected chi connectivity index (χ0v) is 11.8. The first kappa shape index (κ1) is 14.4. The van der Waals surface area contributed by atoms with Crippen molar-refractivity contribution in [2.75, 3.05) is 17.7 Å². The molecule has 1 heterocycles. The number of rotatable bonds is 5. The van der Waals surface area contributed by atoms with Gasteiger partial charge in [0.15, 0.2) is 0 Å². The fraction of sp³-hybridized carbons (Fsp3) is 0.667. The Hall–Kier alpha value is -1.96. The zero-order chi connectivity index (χ0) is 14.9. The summed E-state index contributed by atoms with van der Waals surface area (Å²) in [6.07, 6.45) is 2.14. The molecule has 1 aromatic heterocycles. The highest BCUT2D eigenvalue weighted by atomic mass is 16.6. The summed E-state index contributed by atoms with van der Waals surface area (Å²) in [7, 11) is 0. The first-order valence-electron chi connectivity index (χ1n) is 6.51. The van der Waals surface area contributed by atoms with E-state index in [0.29, 0.717) is 6.61 Å². The molecule has 2 unspecified atom stereocenters. The average molecular weight is 281 g/mol. The number of aromatic nitrogens is 2. The second-order valence-electron chi connectivity index (χ2n) is 5.41. The lowest BCUT2D eigenvalue weighted by molar-refractivity contribution is -0.383. The maximum absolute atomic E-state index is 11.0. The molecule has 0 bridgehead atoms. The lowest BCUT2D eigenvalue weighted by Crippen LogP contribution is -2.58. The summed E-state index contributed by atoms with van der Waals surface area (Å²) in [4.78, 5) is 18.1. The number of nitrogens with zero attached hydrogens (tertiary/aromatic N) is 3. The van der Waals surface area contributed by atoms with Crippen LogP contribution in [0, 0.1) is 15.5 Å². The van der Waals surface area contributed by atoms with E-state index in [1.54, 1.807) is 0 Å². The zero-order valence-electron chi connectivity index (χ0n) is 11.8. The third-order valence-electron chi connectivity index (χ3n) is 3.89. The maximum atomic E-state index is 11.0. The molecule has 2 rings (SSSR count). The minimum atomic E-state index is -0.566. The molecule has 1 fully saturated rings. The third-order valence-corrected chi connectivity index (χ3v) is 3.89. The summed E-state index contributed by atoms with van der Waals surface area (Å²) < 4.78 is 5.63. The van der Waals surface area contributed by atoms with Gasteiger partial charge in [-0.25, -0.2) is 9.97 Å². The Morgan fingerprint density at radius 2 is 2.30 bits per heavy atom. The van der Waals surface area contributed by atoms with Crippen LogP contribution in [0.1, 0.15) is 27.2 Å². The van der Waals surface area contributed by atoms with Crippen molar-refractivity contribution in [1.29, 1.82) is 0 Å². The van der Waals surface area contributed by atoms with Gasteiger partial charge in [-0.05, 0) is 13.3 Å². The van der Waals surface area contributed by atoms with Gasteiger partial charge < -0.3 is 15.8 Å². The Bertz CT molecular complexity index is 520. The lowest BCUT2D eigenvalue weighted by atomic mass is 9.64. The summed E-state index contributed by atoms with van der Waals surface area (Å²) in [5.74, 6) is 0.0292. The molecule has 2 atom stereocenters. The van der Waals surface area contributed by atoms with Crippen LogP contribution in [0.5, 0.6) is 0 Å². The number of nitro groups is 1. The van der Waals surface area contributed by atoms with Gasteiger partial charge in [-0.3, -0.25) is 10.1 Å². The third kappa shape index (κ3) is 2.38. The van der Waals surface area contributed by atoms with Crippen LogP contribution in [0.2, 0.25) is 0 Å². The van der Waals surface area contributed by atoms with E-state index in [2.05, 4.69) is 29.1 Å². The van der Waals surface area contributed by atoms with E-state index in [4.69, 9.17) is 10.5 Å². The van der Waals surface area contributed by atoms with Crippen molar-refractivity contribution in [2.45, 2.75) is 39.3 Å². The first-order chi connectivity index (χ1) is 9.37. The van der Waals surface area contributed by atoms with Gasteiger partial charge >= 0.3 is 5.69 Å². The molecule has 3 N–H and O–H groups in total. The van der Waals surface area contributed by atoms with Gasteiger partial charge in [0.05, 0.1) is 11.0 Å². The summed E-state index contributed by atoms with van der Waals surface area (Å²) in [5, 5.41) is 14.1. The molecule has 0 saturated heterocycles. The van der Waals surface area contributed by atoms with Crippen LogP contribution >= 0.6 is 0 Å².